The van der Waals surface area contributed by atoms with Crippen LogP contribution in [0.4, 0.5) is 4.79 Å². The topological polar surface area (TPSA) is 113 Å². The van der Waals surface area contributed by atoms with E-state index in [0.717, 1.165) is 5.46 Å². The van der Waals surface area contributed by atoms with E-state index in [1.165, 1.54) is 0 Å². The van der Waals surface area contributed by atoms with Crippen molar-refractivity contribution in [2.45, 2.75) is 65.3 Å². The van der Waals surface area contributed by atoms with Gasteiger partial charge in [0.05, 0.1) is 41.1 Å². The first kappa shape index (κ1) is 28.7. The van der Waals surface area contributed by atoms with Crippen molar-refractivity contribution in [1.29, 1.82) is 0 Å². The van der Waals surface area contributed by atoms with Crippen LogP contribution in [0.25, 0.3) is 16.7 Å². The third-order valence-electron chi connectivity index (χ3n) is 6.72. The minimum absolute atomic E-state index is 0.256. The minimum Gasteiger partial charge on any atom is -0.491 e. The molecule has 2 heterocycles. The summed E-state index contributed by atoms with van der Waals surface area (Å²) in [5.74, 6) is 0.603. The maximum atomic E-state index is 12.9. The van der Waals surface area contributed by atoms with Crippen LogP contribution in [0.1, 0.15) is 48.5 Å². The molecule has 2 aromatic carbocycles. The Morgan fingerprint density at radius 1 is 1.03 bits per heavy atom. The normalized spacial score (nSPS) is 16.4. The summed E-state index contributed by atoms with van der Waals surface area (Å²) in [7, 11) is -0.535. The van der Waals surface area contributed by atoms with E-state index >= 15 is 0 Å². The molecule has 210 valence electrons. The van der Waals surface area contributed by atoms with Crippen molar-refractivity contribution < 1.29 is 28.3 Å². The highest BCUT2D eigenvalue weighted by Gasteiger charge is 2.51. The van der Waals surface area contributed by atoms with E-state index in [9.17, 15) is 9.59 Å². The molecule has 4 rings (SSSR count). The average Bonchev–Trinajstić information content (AvgIpc) is 3.27. The Hall–Kier alpha value is -3.28. The van der Waals surface area contributed by atoms with Crippen molar-refractivity contribution in [3.05, 3.63) is 52.9 Å². The predicted octanol–water partition coefficient (Wildman–Crippen LogP) is 3.54. The lowest BCUT2D eigenvalue weighted by atomic mass is 9.79. The summed E-state index contributed by atoms with van der Waals surface area (Å²) in [6.45, 7) is 14.8. The summed E-state index contributed by atoms with van der Waals surface area (Å²) < 4.78 is 30.6. The van der Waals surface area contributed by atoms with Crippen molar-refractivity contribution in [3.63, 3.8) is 0 Å². The molecule has 0 spiro atoms. The Labute approximate surface area is 229 Å². The van der Waals surface area contributed by atoms with Crippen LogP contribution in [0.5, 0.6) is 5.75 Å². The standard InChI is InChI=1S/C28H38BN3O7/c1-26(2,3)37-25(34)30-13-14-35-15-16-36-21-10-8-9-20(18-21)32-23-17-19(11-12-22(23)31-24(32)33)29-38-27(4,5)28(6,7)39-29/h8-12,17-18H,13-16H2,1-7H3,(H,30,34)(H,31,33). The van der Waals surface area contributed by atoms with Crippen LogP contribution in [0, 0.1) is 0 Å². The first-order chi connectivity index (χ1) is 18.3. The number of ether oxygens (including phenoxy) is 3. The molecule has 1 aromatic heterocycles. The van der Waals surface area contributed by atoms with Gasteiger partial charge in [-0.25, -0.2) is 9.59 Å². The average molecular weight is 539 g/mol. The first-order valence-corrected chi connectivity index (χ1v) is 13.1. The summed E-state index contributed by atoms with van der Waals surface area (Å²) in [6.07, 6.45) is -0.477. The van der Waals surface area contributed by atoms with Gasteiger partial charge in [0, 0.05) is 12.6 Å². The lowest BCUT2D eigenvalue weighted by Gasteiger charge is -2.32. The number of fused-ring (bicyclic) bond motifs is 1. The molecule has 0 bridgehead atoms. The monoisotopic (exact) mass is 539 g/mol. The summed E-state index contributed by atoms with van der Waals surface area (Å²) in [5, 5.41) is 2.64. The molecule has 1 aliphatic rings. The van der Waals surface area contributed by atoms with Gasteiger partial charge in [0.15, 0.2) is 0 Å². The second-order valence-electron chi connectivity index (χ2n) is 11.5. The largest absolute Gasteiger partial charge is 0.494 e. The van der Waals surface area contributed by atoms with Gasteiger partial charge >= 0.3 is 18.9 Å². The number of hydrogen-bond acceptors (Lipinski definition) is 7. The molecule has 1 amide bonds. The number of carbonyl (C=O) groups is 1. The van der Waals surface area contributed by atoms with Gasteiger partial charge in [0.25, 0.3) is 0 Å². The number of imidazole rings is 1. The number of alkyl carbamates (subject to hydrolysis) is 1. The molecule has 1 aliphatic heterocycles. The van der Waals surface area contributed by atoms with Gasteiger partial charge in [-0.1, -0.05) is 12.1 Å². The van der Waals surface area contributed by atoms with Gasteiger partial charge in [-0.05, 0) is 78.2 Å². The van der Waals surface area contributed by atoms with Crippen LogP contribution in [0.2, 0.25) is 0 Å². The van der Waals surface area contributed by atoms with E-state index in [1.54, 1.807) is 10.6 Å². The van der Waals surface area contributed by atoms with Crippen LogP contribution in [0.3, 0.4) is 0 Å². The Kier molecular flexibility index (Phi) is 8.16. The van der Waals surface area contributed by atoms with Crippen molar-refractivity contribution in [1.82, 2.24) is 14.9 Å². The van der Waals surface area contributed by atoms with E-state index in [-0.39, 0.29) is 5.69 Å². The molecule has 0 radical (unpaired) electrons. The molecule has 10 nitrogen and oxygen atoms in total. The minimum atomic E-state index is -0.541. The van der Waals surface area contributed by atoms with E-state index in [2.05, 4.69) is 10.3 Å². The quantitative estimate of drug-likeness (QED) is 0.316. The van der Waals surface area contributed by atoms with E-state index in [4.69, 9.17) is 23.5 Å². The Morgan fingerprint density at radius 3 is 2.44 bits per heavy atom. The molecule has 1 saturated heterocycles. The lowest BCUT2D eigenvalue weighted by Crippen LogP contribution is -2.41. The van der Waals surface area contributed by atoms with Crippen LogP contribution in [-0.4, -0.2) is 65.9 Å². The number of nitrogens with one attached hydrogen (secondary N) is 2. The zero-order valence-electron chi connectivity index (χ0n) is 23.8. The van der Waals surface area contributed by atoms with Crippen LogP contribution in [-0.2, 0) is 18.8 Å². The maximum Gasteiger partial charge on any atom is 0.494 e. The Balaban J connectivity index is 1.38. The first-order valence-electron chi connectivity index (χ1n) is 13.1. The predicted molar refractivity (Wildman–Crippen MR) is 150 cm³/mol. The highest BCUT2D eigenvalue weighted by molar-refractivity contribution is 6.62. The number of amides is 1. The maximum absolute atomic E-state index is 12.9. The summed E-state index contributed by atoms with van der Waals surface area (Å²) in [4.78, 5) is 27.5. The van der Waals surface area contributed by atoms with Gasteiger partial charge in [0.2, 0.25) is 0 Å². The SMILES string of the molecule is CC(C)(C)OC(=O)NCCOCCOc1cccc(-n2c(=O)[nH]c3ccc(B4OC(C)(C)C(C)(C)O4)cc32)c1. The molecular formula is C28H38BN3O7. The van der Waals surface area contributed by atoms with E-state index in [1.807, 2.05) is 84.9 Å². The summed E-state index contributed by atoms with van der Waals surface area (Å²) in [6, 6.07) is 13.0. The van der Waals surface area contributed by atoms with Crippen molar-refractivity contribution in [2.75, 3.05) is 26.4 Å². The number of rotatable bonds is 9. The number of aromatic amines is 1. The lowest BCUT2D eigenvalue weighted by molar-refractivity contribution is 0.00578. The van der Waals surface area contributed by atoms with Crippen molar-refractivity contribution in [2.24, 2.45) is 0 Å². The third-order valence-corrected chi connectivity index (χ3v) is 6.72. The molecule has 0 aliphatic carbocycles. The van der Waals surface area contributed by atoms with Crippen molar-refractivity contribution >= 4 is 29.7 Å². The fourth-order valence-corrected chi connectivity index (χ4v) is 4.07. The van der Waals surface area contributed by atoms with Crippen LogP contribution in [0.15, 0.2) is 47.3 Å². The van der Waals surface area contributed by atoms with Gasteiger partial charge in [-0.15, -0.1) is 0 Å². The number of nitrogens with zero attached hydrogens (tertiary/aromatic N) is 1. The summed E-state index contributed by atoms with van der Waals surface area (Å²) in [5.41, 5.74) is 1.19. The van der Waals surface area contributed by atoms with Gasteiger partial charge in [0.1, 0.15) is 18.0 Å². The van der Waals surface area contributed by atoms with Crippen molar-refractivity contribution in [3.8, 4) is 11.4 Å². The number of aromatic nitrogens is 2. The highest BCUT2D eigenvalue weighted by Crippen LogP contribution is 2.36. The van der Waals surface area contributed by atoms with Gasteiger partial charge < -0.3 is 33.8 Å². The molecule has 0 atom stereocenters. The van der Waals surface area contributed by atoms with E-state index < -0.39 is 30.0 Å². The fourth-order valence-electron chi connectivity index (χ4n) is 4.07. The molecule has 0 saturated carbocycles. The highest BCUT2D eigenvalue weighted by atomic mass is 16.7. The number of carbonyl (C=O) groups excluding carboxylic acids is 1. The third kappa shape index (κ3) is 6.84. The Bertz CT molecular complexity index is 1360. The number of H-pyrrole nitrogens is 1. The second kappa shape index (κ2) is 11.1. The molecule has 11 heteroatoms. The Morgan fingerprint density at radius 2 is 1.74 bits per heavy atom. The van der Waals surface area contributed by atoms with Gasteiger partial charge in [-0.3, -0.25) is 4.57 Å². The molecule has 3 aromatic rings. The molecule has 2 N–H and O–H groups in total. The zero-order valence-corrected chi connectivity index (χ0v) is 23.8. The number of benzene rings is 2. The summed E-state index contributed by atoms with van der Waals surface area (Å²) >= 11 is 0. The molecule has 0 unspecified atom stereocenters. The zero-order chi connectivity index (χ0) is 28.4. The molecule has 39 heavy (non-hydrogen) atoms. The second-order valence-corrected chi connectivity index (χ2v) is 11.5. The molecule has 1 fully saturated rings. The number of hydrogen-bond donors (Lipinski definition) is 2. The molecular weight excluding hydrogens is 501 g/mol. The van der Waals surface area contributed by atoms with E-state index in [0.29, 0.717) is 48.8 Å². The van der Waals surface area contributed by atoms with Crippen LogP contribution >= 0.6 is 0 Å². The smallest absolute Gasteiger partial charge is 0.491 e. The fraction of sp³-hybridized carbons (Fsp3) is 0.500. The van der Waals surface area contributed by atoms with Crippen LogP contribution < -0.4 is 21.2 Å². The van der Waals surface area contributed by atoms with Gasteiger partial charge in [-0.2, -0.15) is 0 Å².